The first-order valence-electron chi connectivity index (χ1n) is 9.67. The fourth-order valence-electron chi connectivity index (χ4n) is 3.97. The Morgan fingerprint density at radius 1 is 1.07 bits per heavy atom. The van der Waals surface area contributed by atoms with Crippen molar-refractivity contribution >= 4 is 17.3 Å². The maximum absolute atomic E-state index is 13.5. The van der Waals surface area contributed by atoms with E-state index in [1.165, 1.54) is 13.5 Å². The molecule has 1 aliphatic carbocycles. The third-order valence-corrected chi connectivity index (χ3v) is 5.40. The normalized spacial score (nSPS) is 14.9. The van der Waals surface area contributed by atoms with Gasteiger partial charge in [-0.05, 0) is 43.5 Å². The zero-order valence-electron chi connectivity index (χ0n) is 16.1. The molecule has 0 atom stereocenters. The van der Waals surface area contributed by atoms with Gasteiger partial charge in [-0.2, -0.15) is 5.10 Å². The van der Waals surface area contributed by atoms with Crippen LogP contribution in [0.2, 0.25) is 0 Å². The average molecular weight is 377 g/mol. The molecule has 0 bridgehead atoms. The zero-order valence-corrected chi connectivity index (χ0v) is 16.1. The number of methoxy groups -OCH3 is 1. The van der Waals surface area contributed by atoms with E-state index in [1.807, 2.05) is 25.3 Å². The van der Waals surface area contributed by atoms with Crippen LogP contribution < -0.4 is 0 Å². The van der Waals surface area contributed by atoms with Gasteiger partial charge in [0.05, 0.1) is 23.9 Å². The standard InChI is InChI=1S/C22H23N3O3/c1-14-11-12-18-19(20(24-25(18)13-14)15-7-4-3-5-8-15)21(26)16-9-6-10-17(23-16)22(27)28-2/h6,9-13,15H,3-5,7-8H2,1-2H3. The third-order valence-electron chi connectivity index (χ3n) is 5.40. The molecule has 1 fully saturated rings. The number of hydrogen-bond donors (Lipinski definition) is 0. The van der Waals surface area contributed by atoms with E-state index in [-0.39, 0.29) is 23.1 Å². The molecule has 0 N–H and O–H groups in total. The Bertz CT molecular complexity index is 1050. The molecule has 0 radical (unpaired) electrons. The van der Waals surface area contributed by atoms with Crippen LogP contribution in [0.4, 0.5) is 0 Å². The Kier molecular flexibility index (Phi) is 4.94. The number of rotatable bonds is 4. The lowest BCUT2D eigenvalue weighted by Crippen LogP contribution is -2.13. The molecule has 3 aromatic rings. The van der Waals surface area contributed by atoms with E-state index in [0.29, 0.717) is 5.56 Å². The summed E-state index contributed by atoms with van der Waals surface area (Å²) in [7, 11) is 1.30. The van der Waals surface area contributed by atoms with Gasteiger partial charge in [-0.15, -0.1) is 0 Å². The Morgan fingerprint density at radius 2 is 1.82 bits per heavy atom. The number of ketones is 1. The van der Waals surface area contributed by atoms with E-state index in [2.05, 4.69) is 4.98 Å². The number of carbonyl (C=O) groups excluding carboxylic acids is 2. The van der Waals surface area contributed by atoms with Gasteiger partial charge < -0.3 is 4.74 Å². The number of fused-ring (bicyclic) bond motifs is 1. The number of esters is 1. The Hall–Kier alpha value is -3.02. The monoisotopic (exact) mass is 377 g/mol. The second-order valence-corrected chi connectivity index (χ2v) is 7.36. The molecule has 1 aliphatic rings. The van der Waals surface area contributed by atoms with Gasteiger partial charge in [0, 0.05) is 12.1 Å². The van der Waals surface area contributed by atoms with E-state index in [0.717, 1.165) is 42.5 Å². The van der Waals surface area contributed by atoms with Crippen LogP contribution in [-0.2, 0) is 4.74 Å². The summed E-state index contributed by atoms with van der Waals surface area (Å²) in [6.45, 7) is 2.00. The molecule has 6 nitrogen and oxygen atoms in total. The highest BCUT2D eigenvalue weighted by molar-refractivity contribution is 6.13. The van der Waals surface area contributed by atoms with Gasteiger partial charge in [0.25, 0.3) is 0 Å². The minimum Gasteiger partial charge on any atom is -0.464 e. The maximum atomic E-state index is 13.5. The van der Waals surface area contributed by atoms with Gasteiger partial charge in [-0.25, -0.2) is 14.3 Å². The number of pyridine rings is 2. The van der Waals surface area contributed by atoms with Gasteiger partial charge >= 0.3 is 5.97 Å². The molecule has 0 spiro atoms. The largest absolute Gasteiger partial charge is 0.464 e. The van der Waals surface area contributed by atoms with E-state index in [1.54, 1.807) is 22.7 Å². The molecule has 1 saturated carbocycles. The summed E-state index contributed by atoms with van der Waals surface area (Å²) in [6, 6.07) is 8.76. The van der Waals surface area contributed by atoms with Crippen molar-refractivity contribution in [1.29, 1.82) is 0 Å². The highest BCUT2D eigenvalue weighted by atomic mass is 16.5. The van der Waals surface area contributed by atoms with Gasteiger partial charge in [0.2, 0.25) is 5.78 Å². The van der Waals surface area contributed by atoms with Crippen LogP contribution >= 0.6 is 0 Å². The van der Waals surface area contributed by atoms with Crippen molar-refractivity contribution < 1.29 is 14.3 Å². The van der Waals surface area contributed by atoms with Crippen LogP contribution in [0.3, 0.4) is 0 Å². The third kappa shape index (κ3) is 3.30. The Morgan fingerprint density at radius 3 is 2.57 bits per heavy atom. The summed E-state index contributed by atoms with van der Waals surface area (Å²) in [4.78, 5) is 29.5. The summed E-state index contributed by atoms with van der Waals surface area (Å²) >= 11 is 0. The topological polar surface area (TPSA) is 73.6 Å². The molecule has 3 aromatic heterocycles. The van der Waals surface area contributed by atoms with E-state index >= 15 is 0 Å². The van der Waals surface area contributed by atoms with Crippen molar-refractivity contribution in [2.24, 2.45) is 0 Å². The van der Waals surface area contributed by atoms with Gasteiger partial charge in [-0.3, -0.25) is 4.79 Å². The molecule has 0 unspecified atom stereocenters. The first kappa shape index (κ1) is 18.3. The molecular formula is C22H23N3O3. The second-order valence-electron chi connectivity index (χ2n) is 7.36. The molecule has 144 valence electrons. The Labute approximate surface area is 163 Å². The van der Waals surface area contributed by atoms with Crippen molar-refractivity contribution in [2.75, 3.05) is 7.11 Å². The van der Waals surface area contributed by atoms with Crippen molar-refractivity contribution in [1.82, 2.24) is 14.6 Å². The lowest BCUT2D eigenvalue weighted by atomic mass is 9.84. The number of ether oxygens (including phenoxy) is 1. The number of aryl methyl sites for hydroxylation is 1. The molecule has 3 heterocycles. The fourth-order valence-corrected chi connectivity index (χ4v) is 3.97. The number of nitrogens with zero attached hydrogens (tertiary/aromatic N) is 3. The van der Waals surface area contributed by atoms with Crippen LogP contribution in [0.25, 0.3) is 5.52 Å². The quantitative estimate of drug-likeness (QED) is 0.505. The summed E-state index contributed by atoms with van der Waals surface area (Å²) < 4.78 is 6.54. The van der Waals surface area contributed by atoms with Crippen LogP contribution in [0.15, 0.2) is 36.5 Å². The summed E-state index contributed by atoms with van der Waals surface area (Å²) in [6.07, 6.45) is 7.56. The molecular weight excluding hydrogens is 354 g/mol. The summed E-state index contributed by atoms with van der Waals surface area (Å²) in [5.74, 6) is -0.487. The Balaban J connectivity index is 1.84. The first-order valence-corrected chi connectivity index (χ1v) is 9.67. The average Bonchev–Trinajstić information content (AvgIpc) is 3.11. The minimum absolute atomic E-state index is 0.125. The molecule has 6 heteroatoms. The van der Waals surface area contributed by atoms with Crippen molar-refractivity contribution in [3.8, 4) is 0 Å². The predicted octanol–water partition coefficient (Wildman–Crippen LogP) is 4.10. The van der Waals surface area contributed by atoms with Crippen molar-refractivity contribution in [3.05, 3.63) is 64.7 Å². The van der Waals surface area contributed by atoms with Gasteiger partial charge in [-0.1, -0.05) is 31.4 Å². The fraction of sp³-hybridized carbons (Fsp3) is 0.364. The second kappa shape index (κ2) is 7.54. The molecule has 0 aromatic carbocycles. The van der Waals surface area contributed by atoms with E-state index < -0.39 is 5.97 Å². The van der Waals surface area contributed by atoms with Crippen LogP contribution in [0.1, 0.15) is 75.8 Å². The maximum Gasteiger partial charge on any atom is 0.356 e. The lowest BCUT2D eigenvalue weighted by Gasteiger charge is -2.20. The highest BCUT2D eigenvalue weighted by Gasteiger charge is 2.28. The van der Waals surface area contributed by atoms with Crippen LogP contribution in [0.5, 0.6) is 0 Å². The smallest absolute Gasteiger partial charge is 0.356 e. The zero-order chi connectivity index (χ0) is 19.7. The van der Waals surface area contributed by atoms with Crippen molar-refractivity contribution in [2.45, 2.75) is 44.9 Å². The first-order chi connectivity index (χ1) is 13.6. The predicted molar refractivity (Wildman–Crippen MR) is 105 cm³/mol. The van der Waals surface area contributed by atoms with Gasteiger partial charge in [0.15, 0.2) is 0 Å². The van der Waals surface area contributed by atoms with Crippen LogP contribution in [0, 0.1) is 6.92 Å². The lowest BCUT2D eigenvalue weighted by molar-refractivity contribution is 0.0594. The number of carbonyl (C=O) groups is 2. The number of aromatic nitrogens is 3. The molecule has 28 heavy (non-hydrogen) atoms. The molecule has 0 aliphatic heterocycles. The number of hydrogen-bond acceptors (Lipinski definition) is 5. The van der Waals surface area contributed by atoms with Crippen LogP contribution in [-0.4, -0.2) is 33.5 Å². The van der Waals surface area contributed by atoms with E-state index in [4.69, 9.17) is 9.84 Å². The SMILES string of the molecule is COC(=O)c1cccc(C(=O)c2c(C3CCCCC3)nn3cc(C)ccc23)n1. The minimum atomic E-state index is -0.558. The summed E-state index contributed by atoms with van der Waals surface area (Å²) in [5, 5.41) is 4.79. The van der Waals surface area contributed by atoms with Crippen molar-refractivity contribution in [3.63, 3.8) is 0 Å². The molecule has 4 rings (SSSR count). The molecule has 0 amide bonds. The highest BCUT2D eigenvalue weighted by Crippen LogP contribution is 2.35. The van der Waals surface area contributed by atoms with E-state index in [9.17, 15) is 9.59 Å². The molecule has 0 saturated heterocycles. The van der Waals surface area contributed by atoms with Gasteiger partial charge in [0.1, 0.15) is 11.4 Å². The summed E-state index contributed by atoms with van der Waals surface area (Å²) in [5.41, 5.74) is 3.66.